The second-order valence-electron chi connectivity index (χ2n) is 2.32. The van der Waals surface area contributed by atoms with E-state index in [4.69, 9.17) is 12.6 Å². The first-order chi connectivity index (χ1) is 6.15. The van der Waals surface area contributed by atoms with Gasteiger partial charge in [0.15, 0.2) is 0 Å². The van der Waals surface area contributed by atoms with Crippen LogP contribution in [0.15, 0.2) is 16.9 Å². The van der Waals surface area contributed by atoms with Gasteiger partial charge in [-0.05, 0) is 22.9 Å². The molecule has 0 fully saturated rings. The lowest BCUT2D eigenvalue weighted by Crippen LogP contribution is -2.12. The summed E-state index contributed by atoms with van der Waals surface area (Å²) >= 11 is 3.13. The zero-order valence-electron chi connectivity index (χ0n) is 7.08. The van der Waals surface area contributed by atoms with E-state index in [9.17, 15) is 4.79 Å². The molecule has 0 N–H and O–H groups in total. The van der Waals surface area contributed by atoms with Crippen molar-refractivity contribution >= 4 is 35.2 Å². The highest BCUT2D eigenvalue weighted by atomic mass is 79.9. The molecular weight excluding hydrogens is 233 g/mol. The molecule has 5 heteroatoms. The summed E-state index contributed by atoms with van der Waals surface area (Å²) in [5.41, 5.74) is 0.785. The van der Waals surface area contributed by atoms with Gasteiger partial charge in [-0.3, -0.25) is 0 Å². The van der Waals surface area contributed by atoms with Crippen molar-refractivity contribution < 1.29 is 9.53 Å². The zero-order chi connectivity index (χ0) is 9.84. The lowest BCUT2D eigenvalue weighted by molar-refractivity contribution is 0.0526. The van der Waals surface area contributed by atoms with E-state index in [-0.39, 0.29) is 0 Å². The molecule has 2 radical (unpaired) electrons. The maximum absolute atomic E-state index is 11.2. The number of hydrogen-bond donors (Lipinski definition) is 0. The highest BCUT2D eigenvalue weighted by Gasteiger charge is 2.07. The number of esters is 1. The standard InChI is InChI=1S/C8H7BBrNO2/c1-2-13-8(12)5-3-6(9)7(10)11-4-5/h3-4H,2H2,1H3. The summed E-state index contributed by atoms with van der Waals surface area (Å²) in [5.74, 6) is -0.408. The van der Waals surface area contributed by atoms with Crippen molar-refractivity contribution in [1.82, 2.24) is 4.98 Å². The van der Waals surface area contributed by atoms with Crippen LogP contribution >= 0.6 is 15.9 Å². The van der Waals surface area contributed by atoms with Crippen molar-refractivity contribution in [2.45, 2.75) is 6.92 Å². The molecule has 0 unspecified atom stereocenters. The first-order valence-corrected chi connectivity index (χ1v) is 4.52. The van der Waals surface area contributed by atoms with Crippen molar-refractivity contribution in [1.29, 1.82) is 0 Å². The molecule has 1 aromatic rings. The van der Waals surface area contributed by atoms with Crippen LogP contribution in [0.5, 0.6) is 0 Å². The van der Waals surface area contributed by atoms with Gasteiger partial charge in [-0.25, -0.2) is 9.78 Å². The number of nitrogens with zero attached hydrogens (tertiary/aromatic N) is 1. The SMILES string of the molecule is [B]c1cc(C(=O)OCC)cnc1Br. The Morgan fingerprint density at radius 3 is 3.00 bits per heavy atom. The third-order valence-corrected chi connectivity index (χ3v) is 2.04. The van der Waals surface area contributed by atoms with Crippen LogP contribution < -0.4 is 5.46 Å². The van der Waals surface area contributed by atoms with E-state index < -0.39 is 5.97 Å². The molecule has 0 amide bonds. The minimum absolute atomic E-state index is 0.342. The first-order valence-electron chi connectivity index (χ1n) is 3.73. The smallest absolute Gasteiger partial charge is 0.339 e. The van der Waals surface area contributed by atoms with Crippen LogP contribution in [0.4, 0.5) is 0 Å². The molecule has 0 aliphatic carbocycles. The Labute approximate surface area is 86.0 Å². The summed E-state index contributed by atoms with van der Waals surface area (Å²) in [7, 11) is 5.54. The number of carbonyl (C=O) groups excluding carboxylic acids is 1. The topological polar surface area (TPSA) is 39.2 Å². The third-order valence-electron chi connectivity index (χ3n) is 1.38. The molecule has 1 heterocycles. The van der Waals surface area contributed by atoms with Crippen LogP contribution in [-0.2, 0) is 4.74 Å². The van der Waals surface area contributed by atoms with Crippen LogP contribution in [0, 0.1) is 0 Å². The van der Waals surface area contributed by atoms with Crippen LogP contribution in [0.2, 0.25) is 0 Å². The highest BCUT2D eigenvalue weighted by molar-refractivity contribution is 9.10. The number of aromatic nitrogens is 1. The van der Waals surface area contributed by atoms with Crippen LogP contribution in [-0.4, -0.2) is 25.4 Å². The van der Waals surface area contributed by atoms with Crippen LogP contribution in [0.1, 0.15) is 17.3 Å². The fraction of sp³-hybridized carbons (Fsp3) is 0.250. The molecule has 0 spiro atoms. The quantitative estimate of drug-likeness (QED) is 0.436. The van der Waals surface area contributed by atoms with E-state index >= 15 is 0 Å². The maximum atomic E-state index is 11.2. The monoisotopic (exact) mass is 239 g/mol. The molecular formula is C8H7BBrNO2. The lowest BCUT2D eigenvalue weighted by Gasteiger charge is -2.02. The lowest BCUT2D eigenvalue weighted by atomic mass is 9.97. The molecule has 0 atom stereocenters. The highest BCUT2D eigenvalue weighted by Crippen LogP contribution is 2.04. The van der Waals surface area contributed by atoms with Crippen molar-refractivity contribution in [2.75, 3.05) is 6.61 Å². The zero-order valence-corrected chi connectivity index (χ0v) is 8.67. The molecule has 13 heavy (non-hydrogen) atoms. The molecule has 1 rings (SSSR count). The Hall–Kier alpha value is -0.835. The Morgan fingerprint density at radius 2 is 2.46 bits per heavy atom. The summed E-state index contributed by atoms with van der Waals surface area (Å²) in [6.07, 6.45) is 1.42. The van der Waals surface area contributed by atoms with E-state index in [0.717, 1.165) is 0 Å². The van der Waals surface area contributed by atoms with Gasteiger partial charge in [-0.15, -0.1) is 0 Å². The van der Waals surface area contributed by atoms with Crippen molar-refractivity contribution in [2.24, 2.45) is 0 Å². The number of pyridine rings is 1. The number of ether oxygens (including phenoxy) is 1. The molecule has 1 aromatic heterocycles. The summed E-state index contributed by atoms with van der Waals surface area (Å²) in [4.78, 5) is 15.0. The summed E-state index contributed by atoms with van der Waals surface area (Å²) in [5, 5.41) is 0. The fourth-order valence-corrected chi connectivity index (χ4v) is 1.01. The van der Waals surface area contributed by atoms with E-state index in [0.29, 0.717) is 22.2 Å². The van der Waals surface area contributed by atoms with Crippen molar-refractivity contribution in [3.8, 4) is 0 Å². The fourth-order valence-electron chi connectivity index (χ4n) is 0.791. The first kappa shape index (κ1) is 10.2. The molecule has 3 nitrogen and oxygen atoms in total. The average Bonchev–Trinajstić information content (AvgIpc) is 2.10. The minimum atomic E-state index is -0.408. The van der Waals surface area contributed by atoms with E-state index in [2.05, 4.69) is 20.9 Å². The van der Waals surface area contributed by atoms with Gasteiger partial charge in [0.1, 0.15) is 7.85 Å². The van der Waals surface area contributed by atoms with Gasteiger partial charge in [-0.2, -0.15) is 0 Å². The van der Waals surface area contributed by atoms with Crippen LogP contribution in [0.3, 0.4) is 0 Å². The molecule has 0 aliphatic rings. The normalized spacial score (nSPS) is 9.69. The van der Waals surface area contributed by atoms with Crippen LogP contribution in [0.25, 0.3) is 0 Å². The second-order valence-corrected chi connectivity index (χ2v) is 3.08. The maximum Gasteiger partial charge on any atom is 0.339 e. The number of halogens is 1. The third kappa shape index (κ3) is 2.55. The number of carbonyl (C=O) groups is 1. The van der Waals surface area contributed by atoms with E-state index in [1.807, 2.05) is 0 Å². The summed E-state index contributed by atoms with van der Waals surface area (Å²) in [6, 6.07) is 1.52. The molecule has 0 saturated carbocycles. The van der Waals surface area contributed by atoms with Gasteiger partial charge in [-0.1, -0.05) is 11.5 Å². The summed E-state index contributed by atoms with van der Waals surface area (Å²) in [6.45, 7) is 2.09. The van der Waals surface area contributed by atoms with Crippen molar-refractivity contribution in [3.63, 3.8) is 0 Å². The largest absolute Gasteiger partial charge is 0.462 e. The van der Waals surface area contributed by atoms with Gasteiger partial charge >= 0.3 is 5.97 Å². The predicted octanol–water partition coefficient (Wildman–Crippen LogP) is 0.815. The second kappa shape index (κ2) is 4.41. The Balaban J connectivity index is 2.90. The molecule has 0 aromatic carbocycles. The number of rotatable bonds is 2. The Morgan fingerprint density at radius 1 is 1.77 bits per heavy atom. The van der Waals surface area contributed by atoms with Gasteiger partial charge in [0.25, 0.3) is 0 Å². The van der Waals surface area contributed by atoms with Gasteiger partial charge in [0.05, 0.1) is 16.8 Å². The summed E-state index contributed by atoms with van der Waals surface area (Å²) < 4.78 is 5.30. The Kier molecular flexibility index (Phi) is 3.48. The number of hydrogen-bond acceptors (Lipinski definition) is 3. The molecule has 66 valence electrons. The molecule has 0 bridgehead atoms. The van der Waals surface area contributed by atoms with Crippen molar-refractivity contribution in [3.05, 3.63) is 22.4 Å². The minimum Gasteiger partial charge on any atom is -0.462 e. The van der Waals surface area contributed by atoms with E-state index in [1.54, 1.807) is 6.92 Å². The average molecular weight is 240 g/mol. The Bertz CT molecular complexity index is 330. The molecule has 0 saturated heterocycles. The van der Waals surface area contributed by atoms with Gasteiger partial charge in [0, 0.05) is 6.20 Å². The van der Waals surface area contributed by atoms with Gasteiger partial charge in [0.2, 0.25) is 0 Å². The van der Waals surface area contributed by atoms with E-state index in [1.165, 1.54) is 12.3 Å². The predicted molar refractivity (Wildman–Crippen MR) is 53.3 cm³/mol. The molecule has 0 aliphatic heterocycles. The van der Waals surface area contributed by atoms with Gasteiger partial charge < -0.3 is 4.74 Å².